The quantitative estimate of drug-likeness (QED) is 0.675. The topological polar surface area (TPSA) is 108 Å². The predicted molar refractivity (Wildman–Crippen MR) is 110 cm³/mol. The Morgan fingerprint density at radius 1 is 1.20 bits per heavy atom. The summed E-state index contributed by atoms with van der Waals surface area (Å²) in [6, 6.07) is 4.09. The highest BCUT2D eigenvalue weighted by Crippen LogP contribution is 2.29. The number of nitrogens with one attached hydrogen (secondary N) is 2. The molecule has 3 atom stereocenters. The first kappa shape index (κ1) is 22.0. The standard InChI is InChI=1S/C21H30FN5O3/c1-13(2)25-21(30)26-10-9-16-7-8-18(27(16)20(29)17(23)12-26)19(28)24-11-14-3-5-15(22)6-4-14/h3-6,13,16-18H,7-12,23H2,1-2H3,(H,24,28)(H,25,30)/t16-,17+,18+/m1/s1. The molecule has 0 bridgehead atoms. The molecule has 2 aliphatic rings. The van der Waals surface area contributed by atoms with Gasteiger partial charge in [-0.25, -0.2) is 9.18 Å². The molecule has 0 unspecified atom stereocenters. The SMILES string of the molecule is CC(C)NC(=O)N1CC[C@H]2CC[C@@H](C(=O)NCc3ccc(F)cc3)N2C(=O)[C@@H](N)C1. The molecule has 0 aliphatic carbocycles. The number of urea groups is 1. The van der Waals surface area contributed by atoms with Gasteiger partial charge in [0.1, 0.15) is 17.9 Å². The first-order valence-electron chi connectivity index (χ1n) is 10.4. The van der Waals surface area contributed by atoms with Crippen LogP contribution in [0.15, 0.2) is 24.3 Å². The monoisotopic (exact) mass is 419 g/mol. The molecule has 0 aromatic heterocycles. The Morgan fingerprint density at radius 3 is 2.57 bits per heavy atom. The van der Waals surface area contributed by atoms with Crippen LogP contribution in [0.2, 0.25) is 0 Å². The first-order valence-corrected chi connectivity index (χ1v) is 10.4. The fraction of sp³-hybridized carbons (Fsp3) is 0.571. The number of carbonyl (C=O) groups is 3. The molecule has 3 rings (SSSR count). The van der Waals surface area contributed by atoms with Gasteiger partial charge in [-0.2, -0.15) is 0 Å². The molecular formula is C21H30FN5O3. The van der Waals surface area contributed by atoms with Gasteiger partial charge in [0.2, 0.25) is 11.8 Å². The van der Waals surface area contributed by atoms with E-state index in [1.165, 1.54) is 12.1 Å². The molecule has 2 heterocycles. The van der Waals surface area contributed by atoms with Crippen LogP contribution in [0.1, 0.15) is 38.7 Å². The molecule has 2 aliphatic heterocycles. The van der Waals surface area contributed by atoms with Crippen molar-refractivity contribution in [2.24, 2.45) is 5.73 Å². The van der Waals surface area contributed by atoms with E-state index in [1.54, 1.807) is 21.9 Å². The summed E-state index contributed by atoms with van der Waals surface area (Å²) in [5, 5.41) is 5.68. The Hall–Kier alpha value is -2.68. The fourth-order valence-electron chi connectivity index (χ4n) is 4.09. The molecule has 4 amide bonds. The second kappa shape index (κ2) is 9.42. The average Bonchev–Trinajstić information content (AvgIpc) is 3.11. The Kier molecular flexibility index (Phi) is 6.91. The Balaban J connectivity index is 1.64. The molecule has 1 aromatic rings. The van der Waals surface area contributed by atoms with E-state index in [4.69, 9.17) is 5.73 Å². The van der Waals surface area contributed by atoms with Crippen LogP contribution < -0.4 is 16.4 Å². The molecule has 2 fully saturated rings. The van der Waals surface area contributed by atoms with Gasteiger partial charge in [0, 0.05) is 31.7 Å². The minimum atomic E-state index is -0.879. The molecule has 9 heteroatoms. The van der Waals surface area contributed by atoms with E-state index in [0.717, 1.165) is 5.56 Å². The fourth-order valence-corrected chi connectivity index (χ4v) is 4.09. The zero-order valence-electron chi connectivity index (χ0n) is 17.4. The van der Waals surface area contributed by atoms with Crippen molar-refractivity contribution in [2.75, 3.05) is 13.1 Å². The van der Waals surface area contributed by atoms with Crippen LogP contribution in [0.4, 0.5) is 9.18 Å². The number of hydrogen-bond donors (Lipinski definition) is 3. The van der Waals surface area contributed by atoms with E-state index in [9.17, 15) is 18.8 Å². The number of nitrogens with zero attached hydrogens (tertiary/aromatic N) is 2. The molecule has 0 saturated carbocycles. The van der Waals surface area contributed by atoms with Crippen LogP contribution in [0.3, 0.4) is 0 Å². The summed E-state index contributed by atoms with van der Waals surface area (Å²) in [6.45, 7) is 4.61. The van der Waals surface area contributed by atoms with Gasteiger partial charge in [-0.15, -0.1) is 0 Å². The summed E-state index contributed by atoms with van der Waals surface area (Å²) >= 11 is 0. The van der Waals surface area contributed by atoms with Gasteiger partial charge in [-0.1, -0.05) is 12.1 Å². The van der Waals surface area contributed by atoms with Gasteiger partial charge < -0.3 is 26.2 Å². The number of carbonyl (C=O) groups excluding carboxylic acids is 3. The van der Waals surface area contributed by atoms with Crippen molar-refractivity contribution in [2.45, 2.75) is 63.8 Å². The molecule has 2 saturated heterocycles. The largest absolute Gasteiger partial charge is 0.350 e. The van der Waals surface area contributed by atoms with Crippen molar-refractivity contribution in [3.05, 3.63) is 35.6 Å². The molecule has 4 N–H and O–H groups in total. The lowest BCUT2D eigenvalue weighted by Crippen LogP contribution is -2.60. The van der Waals surface area contributed by atoms with E-state index in [1.807, 2.05) is 13.8 Å². The Labute approximate surface area is 176 Å². The molecule has 164 valence electrons. The van der Waals surface area contributed by atoms with Gasteiger partial charge in [0.25, 0.3) is 0 Å². The van der Waals surface area contributed by atoms with Crippen LogP contribution in [-0.2, 0) is 16.1 Å². The van der Waals surface area contributed by atoms with Gasteiger partial charge in [-0.05, 0) is 50.8 Å². The van der Waals surface area contributed by atoms with Crippen molar-refractivity contribution in [3.8, 4) is 0 Å². The molecular weight excluding hydrogens is 389 g/mol. The van der Waals surface area contributed by atoms with E-state index in [0.29, 0.717) is 25.8 Å². The number of amides is 4. The minimum Gasteiger partial charge on any atom is -0.350 e. The molecule has 8 nitrogen and oxygen atoms in total. The zero-order valence-corrected chi connectivity index (χ0v) is 17.4. The summed E-state index contributed by atoms with van der Waals surface area (Å²) < 4.78 is 13.0. The number of hydrogen-bond acceptors (Lipinski definition) is 4. The Morgan fingerprint density at radius 2 is 1.90 bits per heavy atom. The summed E-state index contributed by atoms with van der Waals surface area (Å²) in [5.74, 6) is -0.876. The Bertz CT molecular complexity index is 785. The lowest BCUT2D eigenvalue weighted by Gasteiger charge is -2.37. The summed E-state index contributed by atoms with van der Waals surface area (Å²) in [7, 11) is 0. The normalized spacial score (nSPS) is 24.3. The number of rotatable bonds is 4. The van der Waals surface area contributed by atoms with E-state index >= 15 is 0 Å². The van der Waals surface area contributed by atoms with Crippen molar-refractivity contribution in [1.29, 1.82) is 0 Å². The third kappa shape index (κ3) is 5.08. The van der Waals surface area contributed by atoms with Crippen LogP contribution in [0.5, 0.6) is 0 Å². The molecule has 0 spiro atoms. The van der Waals surface area contributed by atoms with Crippen molar-refractivity contribution in [3.63, 3.8) is 0 Å². The number of fused-ring (bicyclic) bond motifs is 1. The van der Waals surface area contributed by atoms with Crippen LogP contribution in [0.25, 0.3) is 0 Å². The average molecular weight is 420 g/mol. The van der Waals surface area contributed by atoms with Gasteiger partial charge in [0.05, 0.1) is 0 Å². The van der Waals surface area contributed by atoms with Gasteiger partial charge in [0.15, 0.2) is 0 Å². The second-order valence-corrected chi connectivity index (χ2v) is 8.28. The lowest BCUT2D eigenvalue weighted by atomic mass is 10.1. The first-order chi connectivity index (χ1) is 14.3. The van der Waals surface area contributed by atoms with Crippen molar-refractivity contribution >= 4 is 17.8 Å². The summed E-state index contributed by atoms with van der Waals surface area (Å²) in [5.41, 5.74) is 6.90. The smallest absolute Gasteiger partial charge is 0.317 e. The third-order valence-electron chi connectivity index (χ3n) is 5.61. The van der Waals surface area contributed by atoms with Gasteiger partial charge >= 0.3 is 6.03 Å². The highest BCUT2D eigenvalue weighted by atomic mass is 19.1. The van der Waals surface area contributed by atoms with Gasteiger partial charge in [-0.3, -0.25) is 9.59 Å². The molecule has 1 aromatic carbocycles. The highest BCUT2D eigenvalue weighted by molar-refractivity contribution is 5.91. The zero-order chi connectivity index (χ0) is 21.8. The summed E-state index contributed by atoms with van der Waals surface area (Å²) in [4.78, 5) is 41.4. The van der Waals surface area contributed by atoms with E-state index < -0.39 is 12.1 Å². The second-order valence-electron chi connectivity index (χ2n) is 8.28. The third-order valence-corrected chi connectivity index (χ3v) is 5.61. The maximum Gasteiger partial charge on any atom is 0.317 e. The van der Waals surface area contributed by atoms with E-state index in [2.05, 4.69) is 10.6 Å². The molecule has 0 radical (unpaired) electrons. The number of nitrogens with two attached hydrogens (primary N) is 1. The minimum absolute atomic E-state index is 0.00738. The maximum absolute atomic E-state index is 13.0. The lowest BCUT2D eigenvalue weighted by molar-refractivity contribution is -0.142. The maximum atomic E-state index is 13.0. The van der Waals surface area contributed by atoms with Crippen LogP contribution in [0, 0.1) is 5.82 Å². The van der Waals surface area contributed by atoms with E-state index in [-0.39, 0.29) is 48.8 Å². The summed E-state index contributed by atoms with van der Waals surface area (Å²) in [6.07, 6.45) is 1.84. The number of benzene rings is 1. The van der Waals surface area contributed by atoms with Crippen molar-refractivity contribution in [1.82, 2.24) is 20.4 Å². The highest BCUT2D eigenvalue weighted by Gasteiger charge is 2.44. The number of halogens is 1. The van der Waals surface area contributed by atoms with Crippen LogP contribution >= 0.6 is 0 Å². The predicted octanol–water partition coefficient (Wildman–Crippen LogP) is 0.953. The van der Waals surface area contributed by atoms with Crippen molar-refractivity contribution < 1.29 is 18.8 Å². The molecule has 30 heavy (non-hydrogen) atoms. The van der Waals surface area contributed by atoms with Crippen LogP contribution in [-0.4, -0.2) is 64.9 Å².